The molecule has 0 unspecified atom stereocenters. The van der Waals surface area contributed by atoms with Crippen LogP contribution in [0.3, 0.4) is 0 Å². The smallest absolute Gasteiger partial charge is 0.343 e. The minimum atomic E-state index is -1.60. The Bertz CT molecular complexity index is 770. The molecule has 0 aliphatic rings. The number of carboxylic acids is 1. The van der Waals surface area contributed by atoms with E-state index in [1.54, 1.807) is 0 Å². The van der Waals surface area contributed by atoms with Crippen molar-refractivity contribution in [3.63, 3.8) is 0 Å². The van der Waals surface area contributed by atoms with Gasteiger partial charge in [0.25, 0.3) is 5.56 Å². The van der Waals surface area contributed by atoms with Crippen LogP contribution < -0.4 is 5.56 Å². The van der Waals surface area contributed by atoms with Crippen LogP contribution in [0.2, 0.25) is 0 Å². The monoisotopic (exact) mass is 300 g/mol. The summed E-state index contributed by atoms with van der Waals surface area (Å²) in [7, 11) is 1.44. The molecule has 0 amide bonds. The molecule has 1 aromatic carbocycles. The van der Waals surface area contributed by atoms with Gasteiger partial charge in [-0.3, -0.25) is 9.48 Å². The molecule has 8 heteroatoms. The van der Waals surface area contributed by atoms with Crippen LogP contribution in [0.5, 0.6) is 0 Å². The Labute approximate surface area is 116 Å². The topological polar surface area (TPSA) is 64.2 Å². The van der Waals surface area contributed by atoms with Crippen molar-refractivity contribution in [3.8, 4) is 0 Å². The van der Waals surface area contributed by atoms with Crippen molar-refractivity contribution < 1.29 is 23.1 Å². The summed E-state index contributed by atoms with van der Waals surface area (Å²) in [6, 6.07) is 1.52. The highest BCUT2D eigenvalue weighted by Crippen LogP contribution is 2.15. The fourth-order valence-electron chi connectivity index (χ4n) is 2.06. The fourth-order valence-corrected chi connectivity index (χ4v) is 2.06. The van der Waals surface area contributed by atoms with Crippen molar-refractivity contribution in [2.45, 2.75) is 13.5 Å². The van der Waals surface area contributed by atoms with E-state index in [2.05, 4.69) is 0 Å². The first-order valence-electron chi connectivity index (χ1n) is 5.87. The molecule has 2 aromatic rings. The van der Waals surface area contributed by atoms with Gasteiger partial charge in [-0.15, -0.1) is 0 Å². The van der Waals surface area contributed by atoms with Crippen molar-refractivity contribution in [3.05, 3.63) is 56.8 Å². The maximum absolute atomic E-state index is 13.2. The third-order valence-corrected chi connectivity index (χ3v) is 3.25. The Balaban J connectivity index is 2.53. The second-order valence-electron chi connectivity index (χ2n) is 4.53. The van der Waals surface area contributed by atoms with Crippen molar-refractivity contribution >= 4 is 5.97 Å². The average molecular weight is 300 g/mol. The lowest BCUT2D eigenvalue weighted by molar-refractivity contribution is 0.0694. The third-order valence-electron chi connectivity index (χ3n) is 3.25. The first-order valence-corrected chi connectivity index (χ1v) is 5.87. The highest BCUT2D eigenvalue weighted by atomic mass is 19.2. The van der Waals surface area contributed by atoms with Gasteiger partial charge in [0, 0.05) is 7.05 Å². The zero-order valence-electron chi connectivity index (χ0n) is 11.2. The molecule has 0 aliphatic carbocycles. The van der Waals surface area contributed by atoms with Gasteiger partial charge in [-0.2, -0.15) is 0 Å². The predicted octanol–water partition coefficient (Wildman–Crippen LogP) is 1.66. The van der Waals surface area contributed by atoms with Gasteiger partial charge < -0.3 is 5.11 Å². The third kappa shape index (κ3) is 2.44. The van der Waals surface area contributed by atoms with Crippen LogP contribution in [0, 0.1) is 24.4 Å². The van der Waals surface area contributed by atoms with E-state index in [4.69, 9.17) is 5.11 Å². The molecule has 0 atom stereocenters. The molecule has 2 rings (SSSR count). The van der Waals surface area contributed by atoms with Gasteiger partial charge in [0.05, 0.1) is 12.2 Å². The molecule has 0 saturated heterocycles. The Morgan fingerprint density at radius 3 is 2.19 bits per heavy atom. The largest absolute Gasteiger partial charge is 0.477 e. The number of aromatic carboxylic acids is 1. The van der Waals surface area contributed by atoms with E-state index in [0.29, 0.717) is 0 Å². The minimum absolute atomic E-state index is 0.00559. The van der Waals surface area contributed by atoms with Gasteiger partial charge in [-0.25, -0.2) is 22.6 Å². The van der Waals surface area contributed by atoms with E-state index < -0.39 is 34.5 Å². The van der Waals surface area contributed by atoms with E-state index in [0.717, 1.165) is 16.8 Å². The zero-order chi connectivity index (χ0) is 15.9. The summed E-state index contributed by atoms with van der Waals surface area (Å²) in [5, 5.41) is 8.98. The van der Waals surface area contributed by atoms with Crippen LogP contribution in [-0.4, -0.2) is 20.4 Å². The number of carbonyl (C=O) groups is 1. The van der Waals surface area contributed by atoms with Crippen LogP contribution in [0.1, 0.15) is 21.6 Å². The Morgan fingerprint density at radius 1 is 1.24 bits per heavy atom. The highest BCUT2D eigenvalue weighted by Gasteiger charge is 2.21. The van der Waals surface area contributed by atoms with Crippen molar-refractivity contribution in [2.75, 3.05) is 0 Å². The lowest BCUT2D eigenvalue weighted by Gasteiger charge is -2.09. The maximum atomic E-state index is 13.2. The summed E-state index contributed by atoms with van der Waals surface area (Å²) in [5.41, 5.74) is -1.00. The quantitative estimate of drug-likeness (QED) is 0.877. The lowest BCUT2D eigenvalue weighted by atomic mass is 10.2. The molecule has 0 bridgehead atoms. The SMILES string of the molecule is Cc1c(C(=O)O)c(=O)n(Cc2cc(F)c(F)c(F)c2)n1C. The number of hydrogen-bond donors (Lipinski definition) is 1. The summed E-state index contributed by atoms with van der Waals surface area (Å²) in [6.07, 6.45) is 0. The standard InChI is InChI=1S/C13H11F3N2O3/c1-6-10(13(20)21)12(19)18(17(6)2)5-7-3-8(14)11(16)9(15)4-7/h3-4H,5H2,1-2H3,(H,20,21). The molecule has 1 aromatic heterocycles. The average Bonchev–Trinajstić information content (AvgIpc) is 2.60. The number of rotatable bonds is 3. The molecular weight excluding hydrogens is 289 g/mol. The predicted molar refractivity (Wildman–Crippen MR) is 66.8 cm³/mol. The van der Waals surface area contributed by atoms with E-state index in [-0.39, 0.29) is 17.8 Å². The number of benzene rings is 1. The summed E-state index contributed by atoms with van der Waals surface area (Å²) in [5.74, 6) is -5.73. The number of carboxylic acid groups (broad SMARTS) is 1. The minimum Gasteiger partial charge on any atom is -0.477 e. The van der Waals surface area contributed by atoms with E-state index in [1.807, 2.05) is 0 Å². The molecule has 21 heavy (non-hydrogen) atoms. The molecule has 0 spiro atoms. The second kappa shape index (κ2) is 5.12. The highest BCUT2D eigenvalue weighted by molar-refractivity contribution is 5.88. The molecule has 112 valence electrons. The summed E-state index contributed by atoms with van der Waals surface area (Å²) in [6.45, 7) is 1.16. The number of halogens is 3. The van der Waals surface area contributed by atoms with Crippen molar-refractivity contribution in [1.82, 2.24) is 9.36 Å². The molecule has 1 N–H and O–H groups in total. The van der Waals surface area contributed by atoms with Gasteiger partial charge in [0.1, 0.15) is 5.56 Å². The summed E-state index contributed by atoms with van der Waals surface area (Å²) < 4.78 is 41.5. The van der Waals surface area contributed by atoms with Gasteiger partial charge >= 0.3 is 5.97 Å². The first-order chi connectivity index (χ1) is 9.73. The number of hydrogen-bond acceptors (Lipinski definition) is 2. The molecular formula is C13H11F3N2O3. The Morgan fingerprint density at radius 2 is 1.76 bits per heavy atom. The lowest BCUT2D eigenvalue weighted by Crippen LogP contribution is -2.25. The second-order valence-corrected chi connectivity index (χ2v) is 4.53. The summed E-state index contributed by atoms with van der Waals surface area (Å²) in [4.78, 5) is 23.0. The Hall–Kier alpha value is -2.51. The van der Waals surface area contributed by atoms with E-state index >= 15 is 0 Å². The molecule has 1 heterocycles. The Kier molecular flexibility index (Phi) is 3.63. The van der Waals surface area contributed by atoms with E-state index in [1.165, 1.54) is 18.7 Å². The van der Waals surface area contributed by atoms with Crippen molar-refractivity contribution in [2.24, 2.45) is 7.05 Å². The van der Waals surface area contributed by atoms with Crippen LogP contribution in [-0.2, 0) is 13.6 Å². The molecule has 0 saturated carbocycles. The van der Waals surface area contributed by atoms with Gasteiger partial charge in [-0.1, -0.05) is 0 Å². The van der Waals surface area contributed by atoms with E-state index in [9.17, 15) is 22.8 Å². The van der Waals surface area contributed by atoms with Crippen LogP contribution >= 0.6 is 0 Å². The molecule has 0 aliphatic heterocycles. The van der Waals surface area contributed by atoms with Crippen LogP contribution in [0.25, 0.3) is 0 Å². The maximum Gasteiger partial charge on any atom is 0.343 e. The number of aromatic nitrogens is 2. The summed E-state index contributed by atoms with van der Waals surface area (Å²) >= 11 is 0. The fraction of sp³-hybridized carbons (Fsp3) is 0.231. The molecule has 0 fully saturated rings. The molecule has 0 radical (unpaired) electrons. The number of nitrogens with zero attached hydrogens (tertiary/aromatic N) is 2. The van der Waals surface area contributed by atoms with Gasteiger partial charge in [0.15, 0.2) is 17.5 Å². The normalized spacial score (nSPS) is 10.9. The van der Waals surface area contributed by atoms with Gasteiger partial charge in [0.2, 0.25) is 0 Å². The van der Waals surface area contributed by atoms with Crippen molar-refractivity contribution in [1.29, 1.82) is 0 Å². The van der Waals surface area contributed by atoms with Gasteiger partial charge in [-0.05, 0) is 24.6 Å². The first kappa shape index (κ1) is 14.9. The van der Waals surface area contributed by atoms with Crippen LogP contribution in [0.15, 0.2) is 16.9 Å². The molecule has 5 nitrogen and oxygen atoms in total. The zero-order valence-corrected chi connectivity index (χ0v) is 11.2. The van der Waals surface area contributed by atoms with Crippen LogP contribution in [0.4, 0.5) is 13.2 Å².